The summed E-state index contributed by atoms with van der Waals surface area (Å²) in [5.74, 6) is 1.45. The van der Waals surface area contributed by atoms with Crippen LogP contribution in [0, 0.1) is 11.3 Å². The number of ether oxygens (including phenoxy) is 1. The van der Waals surface area contributed by atoms with Crippen molar-refractivity contribution in [2.75, 3.05) is 7.11 Å². The van der Waals surface area contributed by atoms with Gasteiger partial charge in [0.25, 0.3) is 0 Å². The normalized spacial score (nSPS) is 16.3. The number of methoxy groups -OCH3 is 1. The highest BCUT2D eigenvalue weighted by molar-refractivity contribution is 8.00. The van der Waals surface area contributed by atoms with E-state index in [1.165, 1.54) is 11.8 Å². The predicted molar refractivity (Wildman–Crippen MR) is 122 cm³/mol. The Morgan fingerprint density at radius 2 is 2.00 bits per heavy atom. The van der Waals surface area contributed by atoms with Crippen LogP contribution in [0.1, 0.15) is 58.8 Å². The lowest BCUT2D eigenvalue weighted by atomic mass is 9.83. The zero-order valence-electron chi connectivity index (χ0n) is 18.6. The predicted octanol–water partition coefficient (Wildman–Crippen LogP) is 4.58. The minimum Gasteiger partial charge on any atom is -0.497 e. The third kappa shape index (κ3) is 5.59. The van der Waals surface area contributed by atoms with Crippen LogP contribution >= 0.6 is 11.8 Å². The molecule has 1 aliphatic carbocycles. The van der Waals surface area contributed by atoms with E-state index in [4.69, 9.17) is 4.74 Å². The molecule has 3 rings (SSSR count). The largest absolute Gasteiger partial charge is 0.497 e. The molecule has 1 amide bonds. The van der Waals surface area contributed by atoms with Gasteiger partial charge in [0.1, 0.15) is 11.3 Å². The molecule has 31 heavy (non-hydrogen) atoms. The van der Waals surface area contributed by atoms with Crippen molar-refractivity contribution >= 4 is 17.7 Å². The molecule has 7 nitrogen and oxygen atoms in total. The van der Waals surface area contributed by atoms with Crippen LogP contribution in [0.4, 0.5) is 0 Å². The van der Waals surface area contributed by atoms with E-state index in [1.54, 1.807) is 7.11 Å². The van der Waals surface area contributed by atoms with Crippen molar-refractivity contribution in [3.8, 4) is 23.2 Å². The molecule has 0 radical (unpaired) electrons. The highest BCUT2D eigenvalue weighted by Gasteiger charge is 2.35. The fourth-order valence-electron chi connectivity index (χ4n) is 3.82. The van der Waals surface area contributed by atoms with Gasteiger partial charge < -0.3 is 14.6 Å². The summed E-state index contributed by atoms with van der Waals surface area (Å²) in [7, 11) is 1.64. The topological polar surface area (TPSA) is 92.8 Å². The van der Waals surface area contributed by atoms with Gasteiger partial charge in [0.05, 0.1) is 18.4 Å². The highest BCUT2D eigenvalue weighted by atomic mass is 32.2. The summed E-state index contributed by atoms with van der Waals surface area (Å²) in [6.45, 7) is 4.79. The molecule has 166 valence electrons. The van der Waals surface area contributed by atoms with Crippen molar-refractivity contribution < 1.29 is 9.53 Å². The van der Waals surface area contributed by atoms with Crippen LogP contribution in [0.5, 0.6) is 5.75 Å². The number of amides is 1. The first-order valence-corrected chi connectivity index (χ1v) is 11.9. The molecule has 1 atom stereocenters. The molecule has 1 heterocycles. The van der Waals surface area contributed by atoms with Gasteiger partial charge >= 0.3 is 0 Å². The molecule has 0 bridgehead atoms. The molecule has 1 aliphatic rings. The second-order valence-electron chi connectivity index (χ2n) is 8.04. The molecule has 1 saturated carbocycles. The van der Waals surface area contributed by atoms with E-state index < -0.39 is 5.54 Å². The Morgan fingerprint density at radius 1 is 1.29 bits per heavy atom. The second kappa shape index (κ2) is 10.7. The van der Waals surface area contributed by atoms with E-state index in [2.05, 4.69) is 33.1 Å². The zero-order valence-corrected chi connectivity index (χ0v) is 19.4. The average molecular weight is 442 g/mol. The maximum Gasteiger partial charge on any atom is 0.234 e. The summed E-state index contributed by atoms with van der Waals surface area (Å²) in [6.07, 6.45) is 6.57. The Morgan fingerprint density at radius 3 is 2.61 bits per heavy atom. The number of hydrogen-bond donors (Lipinski definition) is 1. The van der Waals surface area contributed by atoms with Crippen molar-refractivity contribution in [3.63, 3.8) is 0 Å². The molecular weight excluding hydrogens is 410 g/mol. The minimum atomic E-state index is -0.728. The number of nitrogens with zero attached hydrogens (tertiary/aromatic N) is 4. The number of nitrogens with one attached hydrogen (secondary N) is 1. The third-order valence-electron chi connectivity index (χ3n) is 5.74. The molecule has 1 N–H and O–H groups in total. The van der Waals surface area contributed by atoms with Crippen LogP contribution in [0.3, 0.4) is 0 Å². The van der Waals surface area contributed by atoms with Gasteiger partial charge in [0.15, 0.2) is 11.0 Å². The van der Waals surface area contributed by atoms with Gasteiger partial charge in [-0.05, 0) is 50.5 Å². The Hall–Kier alpha value is -2.53. The molecule has 0 spiro atoms. The molecule has 1 unspecified atom stereocenters. The van der Waals surface area contributed by atoms with Crippen molar-refractivity contribution in [2.45, 2.75) is 81.3 Å². The maximum absolute atomic E-state index is 12.9. The molecule has 2 aromatic rings. The van der Waals surface area contributed by atoms with Crippen LogP contribution in [0.15, 0.2) is 29.4 Å². The van der Waals surface area contributed by atoms with E-state index in [-0.39, 0.29) is 11.2 Å². The van der Waals surface area contributed by atoms with Gasteiger partial charge in [-0.15, -0.1) is 10.2 Å². The third-order valence-corrected chi connectivity index (χ3v) is 6.82. The molecule has 0 saturated heterocycles. The number of carbonyl (C=O) groups is 1. The van der Waals surface area contributed by atoms with Gasteiger partial charge in [-0.25, -0.2) is 0 Å². The summed E-state index contributed by atoms with van der Waals surface area (Å²) >= 11 is 1.39. The van der Waals surface area contributed by atoms with E-state index >= 15 is 0 Å². The molecule has 1 aromatic carbocycles. The van der Waals surface area contributed by atoms with Crippen LogP contribution < -0.4 is 10.1 Å². The van der Waals surface area contributed by atoms with Crippen molar-refractivity contribution in [1.82, 2.24) is 20.1 Å². The number of carbonyl (C=O) groups excluding carboxylic acids is 1. The van der Waals surface area contributed by atoms with E-state index in [0.717, 1.165) is 73.8 Å². The first kappa shape index (κ1) is 23.1. The molecule has 0 aliphatic heterocycles. The molecule has 1 fully saturated rings. The van der Waals surface area contributed by atoms with Crippen LogP contribution in [0.25, 0.3) is 11.4 Å². The quantitative estimate of drug-likeness (QED) is 0.573. The summed E-state index contributed by atoms with van der Waals surface area (Å²) in [4.78, 5) is 12.9. The average Bonchev–Trinajstić information content (AvgIpc) is 3.20. The molecule has 1 aromatic heterocycles. The standard InChI is InChI=1S/C23H31N5O2S/c1-4-5-15-28-20(18-9-11-19(30-3)12-10-18)26-27-22(28)31-17(2)21(29)25-23(16-24)13-7-6-8-14-23/h9-12,17H,4-8,13-15H2,1-3H3,(H,25,29). The van der Waals surface area contributed by atoms with Gasteiger partial charge in [-0.3, -0.25) is 4.79 Å². The number of thioether (sulfide) groups is 1. The number of nitriles is 1. The van der Waals surface area contributed by atoms with Gasteiger partial charge in [0.2, 0.25) is 5.91 Å². The Bertz CT molecular complexity index is 913. The van der Waals surface area contributed by atoms with Crippen molar-refractivity contribution in [3.05, 3.63) is 24.3 Å². The maximum atomic E-state index is 12.9. The fourth-order valence-corrected chi connectivity index (χ4v) is 4.69. The first-order valence-electron chi connectivity index (χ1n) is 11.0. The Labute approximate surface area is 188 Å². The highest BCUT2D eigenvalue weighted by Crippen LogP contribution is 2.31. The Balaban J connectivity index is 1.77. The van der Waals surface area contributed by atoms with Crippen LogP contribution in [-0.2, 0) is 11.3 Å². The SMILES string of the molecule is CCCCn1c(SC(C)C(=O)NC2(C#N)CCCCC2)nnc1-c1ccc(OC)cc1. The zero-order chi connectivity index (χ0) is 22.3. The van der Waals surface area contributed by atoms with E-state index in [1.807, 2.05) is 31.2 Å². The fraction of sp³-hybridized carbons (Fsp3) is 0.565. The summed E-state index contributed by atoms with van der Waals surface area (Å²) in [5, 5.41) is 21.8. The summed E-state index contributed by atoms with van der Waals surface area (Å²) in [6, 6.07) is 10.1. The van der Waals surface area contributed by atoms with E-state index in [0.29, 0.717) is 0 Å². The smallest absolute Gasteiger partial charge is 0.234 e. The van der Waals surface area contributed by atoms with Crippen LogP contribution in [0.2, 0.25) is 0 Å². The molecule has 8 heteroatoms. The van der Waals surface area contributed by atoms with Gasteiger partial charge in [0, 0.05) is 12.1 Å². The number of unbranched alkanes of at least 4 members (excludes halogenated alkanes) is 1. The minimum absolute atomic E-state index is 0.121. The van der Waals surface area contributed by atoms with E-state index in [9.17, 15) is 10.1 Å². The van der Waals surface area contributed by atoms with Crippen molar-refractivity contribution in [2.24, 2.45) is 0 Å². The lowest BCUT2D eigenvalue weighted by molar-refractivity contribution is -0.121. The Kier molecular flexibility index (Phi) is 7.97. The number of rotatable bonds is 9. The van der Waals surface area contributed by atoms with Crippen molar-refractivity contribution in [1.29, 1.82) is 5.26 Å². The number of benzene rings is 1. The molecular formula is C23H31N5O2S. The number of hydrogen-bond acceptors (Lipinski definition) is 6. The summed E-state index contributed by atoms with van der Waals surface area (Å²) in [5.41, 5.74) is 0.230. The lowest BCUT2D eigenvalue weighted by Crippen LogP contribution is -2.51. The van der Waals surface area contributed by atoms with Gasteiger partial charge in [-0.2, -0.15) is 5.26 Å². The van der Waals surface area contributed by atoms with Crippen LogP contribution in [-0.4, -0.2) is 38.6 Å². The summed E-state index contributed by atoms with van der Waals surface area (Å²) < 4.78 is 7.33. The van der Waals surface area contributed by atoms with Gasteiger partial charge in [-0.1, -0.05) is 44.4 Å². The first-order chi connectivity index (χ1) is 15.0. The lowest BCUT2D eigenvalue weighted by Gasteiger charge is -2.32. The number of aromatic nitrogens is 3. The monoisotopic (exact) mass is 441 g/mol. The second-order valence-corrected chi connectivity index (χ2v) is 9.35.